The average molecular weight is 495 g/mol. The van der Waals surface area contributed by atoms with Crippen LogP contribution in [-0.2, 0) is 0 Å². The van der Waals surface area contributed by atoms with Gasteiger partial charge in [-0.3, -0.25) is 4.79 Å². The molecular formula is C20H14Cl3N5O2S. The van der Waals surface area contributed by atoms with Gasteiger partial charge in [-0.25, -0.2) is 15.0 Å². The number of ether oxygens (including phenoxy) is 1. The van der Waals surface area contributed by atoms with Crippen molar-refractivity contribution in [3.8, 4) is 5.75 Å². The van der Waals surface area contributed by atoms with Crippen LogP contribution in [0.2, 0.25) is 15.1 Å². The van der Waals surface area contributed by atoms with Crippen LogP contribution in [0.5, 0.6) is 5.75 Å². The fraction of sp³-hybridized carbons (Fsp3) is 0.100. The lowest BCUT2D eigenvalue weighted by Crippen LogP contribution is -2.13. The molecule has 0 saturated carbocycles. The molecular weight excluding hydrogens is 481 g/mol. The van der Waals surface area contributed by atoms with E-state index in [9.17, 15) is 4.79 Å². The highest BCUT2D eigenvalue weighted by Crippen LogP contribution is 2.41. The number of anilines is 3. The highest BCUT2D eigenvalue weighted by molar-refractivity contribution is 7.18. The molecule has 0 aliphatic carbocycles. The third-order valence-electron chi connectivity index (χ3n) is 4.38. The number of pyridine rings is 1. The van der Waals surface area contributed by atoms with E-state index in [1.165, 1.54) is 31.0 Å². The zero-order chi connectivity index (χ0) is 22.1. The summed E-state index contributed by atoms with van der Waals surface area (Å²) in [4.78, 5) is 25.8. The van der Waals surface area contributed by atoms with Crippen LogP contribution in [0.3, 0.4) is 0 Å². The Hall–Kier alpha value is -2.65. The third kappa shape index (κ3) is 4.24. The molecule has 2 N–H and O–H groups in total. The Morgan fingerprint density at radius 3 is 2.65 bits per heavy atom. The maximum atomic E-state index is 13.0. The van der Waals surface area contributed by atoms with Crippen LogP contribution in [0.15, 0.2) is 36.1 Å². The molecule has 1 aromatic carbocycles. The lowest BCUT2D eigenvalue weighted by atomic mass is 10.2. The van der Waals surface area contributed by atoms with Gasteiger partial charge in [0.25, 0.3) is 5.91 Å². The minimum absolute atomic E-state index is 0.219. The van der Waals surface area contributed by atoms with Gasteiger partial charge in [0.1, 0.15) is 22.9 Å². The van der Waals surface area contributed by atoms with Crippen LogP contribution in [-0.4, -0.2) is 28.0 Å². The van der Waals surface area contributed by atoms with E-state index < -0.39 is 5.91 Å². The van der Waals surface area contributed by atoms with Crippen molar-refractivity contribution in [3.05, 3.63) is 62.3 Å². The van der Waals surface area contributed by atoms with E-state index in [-0.39, 0.29) is 10.7 Å². The molecule has 3 heterocycles. The molecule has 0 aliphatic rings. The highest BCUT2D eigenvalue weighted by Gasteiger charge is 2.21. The maximum absolute atomic E-state index is 13.0. The molecule has 0 bridgehead atoms. The first-order chi connectivity index (χ1) is 14.9. The number of nitrogens with one attached hydrogen (secondary N) is 2. The van der Waals surface area contributed by atoms with E-state index in [2.05, 4.69) is 25.6 Å². The lowest BCUT2D eigenvalue weighted by molar-refractivity contribution is 0.102. The maximum Gasteiger partial charge on any atom is 0.258 e. The first kappa shape index (κ1) is 21.6. The number of carbonyl (C=O) groups is 1. The Balaban J connectivity index is 1.67. The van der Waals surface area contributed by atoms with Gasteiger partial charge in [-0.05, 0) is 30.7 Å². The van der Waals surface area contributed by atoms with Crippen molar-refractivity contribution in [2.75, 3.05) is 17.7 Å². The average Bonchev–Trinajstić information content (AvgIpc) is 3.20. The number of methoxy groups -OCH3 is 1. The third-order valence-corrected chi connectivity index (χ3v) is 6.44. The van der Waals surface area contributed by atoms with Crippen molar-refractivity contribution in [1.29, 1.82) is 0 Å². The molecule has 1 amide bonds. The summed E-state index contributed by atoms with van der Waals surface area (Å²) < 4.78 is 5.96. The number of thiophene rings is 1. The number of nitrogens with zero attached hydrogens (tertiary/aromatic N) is 3. The van der Waals surface area contributed by atoms with Gasteiger partial charge in [-0.1, -0.05) is 34.8 Å². The Morgan fingerprint density at radius 1 is 1.13 bits per heavy atom. The monoisotopic (exact) mass is 493 g/mol. The molecule has 31 heavy (non-hydrogen) atoms. The Kier molecular flexibility index (Phi) is 6.15. The van der Waals surface area contributed by atoms with Crippen LogP contribution >= 0.6 is 46.1 Å². The van der Waals surface area contributed by atoms with Crippen molar-refractivity contribution < 1.29 is 9.53 Å². The number of aryl methyl sites for hydroxylation is 1. The number of benzene rings is 1. The number of rotatable bonds is 5. The second kappa shape index (κ2) is 8.84. The van der Waals surface area contributed by atoms with Gasteiger partial charge in [-0.2, -0.15) is 0 Å². The quantitative estimate of drug-likeness (QED) is 0.335. The van der Waals surface area contributed by atoms with Crippen LogP contribution in [0.25, 0.3) is 10.2 Å². The van der Waals surface area contributed by atoms with Gasteiger partial charge in [-0.15, -0.1) is 11.3 Å². The summed E-state index contributed by atoms with van der Waals surface area (Å²) in [5.74, 6) is 1.10. The zero-order valence-electron chi connectivity index (χ0n) is 16.2. The van der Waals surface area contributed by atoms with Gasteiger partial charge in [0.2, 0.25) is 0 Å². The zero-order valence-corrected chi connectivity index (χ0v) is 19.2. The number of hydrogen-bond acceptors (Lipinski definition) is 7. The van der Waals surface area contributed by atoms with Crippen LogP contribution in [0.1, 0.15) is 15.9 Å². The van der Waals surface area contributed by atoms with Crippen molar-refractivity contribution in [3.63, 3.8) is 0 Å². The van der Waals surface area contributed by atoms with E-state index in [0.717, 1.165) is 5.56 Å². The molecule has 3 aromatic heterocycles. The van der Waals surface area contributed by atoms with Crippen LogP contribution in [0, 0.1) is 6.92 Å². The van der Waals surface area contributed by atoms with Crippen molar-refractivity contribution in [1.82, 2.24) is 15.0 Å². The number of aromatic nitrogens is 3. The minimum Gasteiger partial charge on any atom is -0.495 e. The number of hydrogen-bond donors (Lipinski definition) is 2. The second-order valence-corrected chi connectivity index (χ2v) is 8.46. The molecule has 4 rings (SSSR count). The summed E-state index contributed by atoms with van der Waals surface area (Å²) in [5.41, 5.74) is 1.85. The molecule has 0 unspecified atom stereocenters. The van der Waals surface area contributed by atoms with Gasteiger partial charge < -0.3 is 15.4 Å². The number of amides is 1. The summed E-state index contributed by atoms with van der Waals surface area (Å²) in [5, 5.41) is 8.68. The molecule has 0 saturated heterocycles. The predicted octanol–water partition coefficient (Wildman–Crippen LogP) is 6.36. The Morgan fingerprint density at radius 2 is 1.94 bits per heavy atom. The Labute approximate surface area is 196 Å². The number of fused-ring (bicyclic) bond motifs is 1. The van der Waals surface area contributed by atoms with Gasteiger partial charge >= 0.3 is 0 Å². The lowest BCUT2D eigenvalue weighted by Gasteiger charge is -2.14. The Bertz CT molecular complexity index is 1290. The number of halogens is 3. The topological polar surface area (TPSA) is 89.0 Å². The van der Waals surface area contributed by atoms with Gasteiger partial charge in [0.05, 0.1) is 38.6 Å². The smallest absolute Gasteiger partial charge is 0.258 e. The van der Waals surface area contributed by atoms with E-state index >= 15 is 0 Å². The summed E-state index contributed by atoms with van der Waals surface area (Å²) in [6.45, 7) is 1.80. The van der Waals surface area contributed by atoms with Gasteiger partial charge in [0, 0.05) is 11.6 Å². The molecule has 4 aromatic rings. The van der Waals surface area contributed by atoms with Crippen molar-refractivity contribution in [2.45, 2.75) is 6.92 Å². The molecule has 0 spiro atoms. The van der Waals surface area contributed by atoms with Crippen molar-refractivity contribution in [2.24, 2.45) is 0 Å². The summed E-state index contributed by atoms with van der Waals surface area (Å²) in [6, 6.07) is 5.15. The molecule has 158 valence electrons. The standard InChI is InChI=1S/C20H14Cl3N5O2S/c1-9-5-12(30-2)15(23)17(14(9)22)28-20(29)11-7-31-18-16(11)25-8-26-19(18)27-13-4-3-10(21)6-24-13/h3-8H,1-2H3,(H,28,29)(H,24,25,26,27). The second-order valence-electron chi connectivity index (χ2n) is 6.39. The molecule has 7 nitrogen and oxygen atoms in total. The van der Waals surface area contributed by atoms with E-state index in [0.29, 0.717) is 43.2 Å². The summed E-state index contributed by atoms with van der Waals surface area (Å²) in [6.07, 6.45) is 2.90. The largest absolute Gasteiger partial charge is 0.495 e. The highest BCUT2D eigenvalue weighted by atomic mass is 35.5. The fourth-order valence-corrected chi connectivity index (χ4v) is 4.43. The molecule has 0 radical (unpaired) electrons. The van der Waals surface area contributed by atoms with Crippen LogP contribution in [0.4, 0.5) is 17.3 Å². The van der Waals surface area contributed by atoms with E-state index in [1.54, 1.807) is 30.5 Å². The first-order valence-corrected chi connectivity index (χ1v) is 10.8. The SMILES string of the molecule is COc1cc(C)c(Cl)c(NC(=O)c2csc3c(Nc4ccc(Cl)cn4)ncnc23)c1Cl. The molecule has 0 atom stereocenters. The van der Waals surface area contributed by atoms with Gasteiger partial charge in [0.15, 0.2) is 5.82 Å². The molecule has 11 heteroatoms. The van der Waals surface area contributed by atoms with E-state index in [1.807, 2.05) is 0 Å². The first-order valence-electron chi connectivity index (χ1n) is 8.83. The summed E-state index contributed by atoms with van der Waals surface area (Å²) in [7, 11) is 1.49. The number of carbonyl (C=O) groups excluding carboxylic acids is 1. The minimum atomic E-state index is -0.406. The molecule has 0 aliphatic heterocycles. The predicted molar refractivity (Wildman–Crippen MR) is 126 cm³/mol. The van der Waals surface area contributed by atoms with Crippen LogP contribution < -0.4 is 15.4 Å². The fourth-order valence-electron chi connectivity index (χ4n) is 2.85. The van der Waals surface area contributed by atoms with E-state index in [4.69, 9.17) is 39.5 Å². The van der Waals surface area contributed by atoms with Crippen molar-refractivity contribution >= 4 is 79.6 Å². The normalized spacial score (nSPS) is 10.9. The molecule has 0 fully saturated rings. The summed E-state index contributed by atoms with van der Waals surface area (Å²) >= 11 is 19.9.